The van der Waals surface area contributed by atoms with E-state index in [0.717, 1.165) is 16.8 Å². The molecule has 1 aromatic heterocycles. The summed E-state index contributed by atoms with van der Waals surface area (Å²) < 4.78 is 0. The van der Waals surface area contributed by atoms with Crippen molar-refractivity contribution in [2.24, 2.45) is 0 Å². The molecular formula is C19H21N3O2. The summed E-state index contributed by atoms with van der Waals surface area (Å²) in [6.45, 7) is 3.74. The van der Waals surface area contributed by atoms with Crippen LogP contribution in [0, 0.1) is 13.8 Å². The van der Waals surface area contributed by atoms with E-state index >= 15 is 0 Å². The number of nitrogens with zero attached hydrogens (tertiary/aromatic N) is 1. The van der Waals surface area contributed by atoms with Gasteiger partial charge in [-0.1, -0.05) is 36.4 Å². The summed E-state index contributed by atoms with van der Waals surface area (Å²) in [5.74, 6) is -0.183. The minimum atomic E-state index is -0.221. The highest BCUT2D eigenvalue weighted by molar-refractivity contribution is 5.94. The van der Waals surface area contributed by atoms with Crippen molar-refractivity contribution in [2.75, 3.05) is 0 Å². The van der Waals surface area contributed by atoms with Gasteiger partial charge in [0.25, 0.3) is 5.91 Å². The van der Waals surface area contributed by atoms with Gasteiger partial charge < -0.3 is 10.6 Å². The third kappa shape index (κ3) is 3.45. The third-order valence-electron chi connectivity index (χ3n) is 4.33. The zero-order valence-corrected chi connectivity index (χ0v) is 13.9. The summed E-state index contributed by atoms with van der Waals surface area (Å²) >= 11 is 0. The Morgan fingerprint density at radius 1 is 1.17 bits per heavy atom. The maximum absolute atomic E-state index is 12.7. The van der Waals surface area contributed by atoms with E-state index < -0.39 is 0 Å². The van der Waals surface area contributed by atoms with Crippen molar-refractivity contribution in [3.05, 3.63) is 65.0 Å². The van der Waals surface area contributed by atoms with E-state index in [2.05, 4.69) is 15.6 Å². The molecule has 1 fully saturated rings. The SMILES string of the molecule is Cc1ccc(C)c(C(=O)N[C@@H]2CCC(=O)N[C@H]2c2ccccc2)n1. The Morgan fingerprint density at radius 3 is 2.67 bits per heavy atom. The van der Waals surface area contributed by atoms with Crippen LogP contribution in [0.3, 0.4) is 0 Å². The van der Waals surface area contributed by atoms with Gasteiger partial charge in [-0.05, 0) is 37.5 Å². The first kappa shape index (κ1) is 16.2. The lowest BCUT2D eigenvalue weighted by Gasteiger charge is -2.33. The maximum atomic E-state index is 12.7. The molecule has 0 radical (unpaired) electrons. The molecule has 1 saturated heterocycles. The Balaban J connectivity index is 1.82. The smallest absolute Gasteiger partial charge is 0.270 e. The molecule has 2 aromatic rings. The van der Waals surface area contributed by atoms with Crippen LogP contribution >= 0.6 is 0 Å². The summed E-state index contributed by atoms with van der Waals surface area (Å²) in [5.41, 5.74) is 3.08. The summed E-state index contributed by atoms with van der Waals surface area (Å²) in [7, 11) is 0. The van der Waals surface area contributed by atoms with E-state index in [1.54, 1.807) is 0 Å². The molecule has 124 valence electrons. The minimum absolute atomic E-state index is 0.0132. The topological polar surface area (TPSA) is 71.1 Å². The van der Waals surface area contributed by atoms with Gasteiger partial charge in [-0.3, -0.25) is 9.59 Å². The van der Waals surface area contributed by atoms with Crippen LogP contribution in [0.15, 0.2) is 42.5 Å². The quantitative estimate of drug-likeness (QED) is 0.911. The molecule has 1 aliphatic heterocycles. The lowest BCUT2D eigenvalue weighted by atomic mass is 9.91. The predicted molar refractivity (Wildman–Crippen MR) is 91.5 cm³/mol. The fraction of sp³-hybridized carbons (Fsp3) is 0.316. The van der Waals surface area contributed by atoms with Gasteiger partial charge in [0.2, 0.25) is 5.91 Å². The van der Waals surface area contributed by atoms with E-state index in [9.17, 15) is 9.59 Å². The zero-order valence-electron chi connectivity index (χ0n) is 13.9. The van der Waals surface area contributed by atoms with Gasteiger partial charge in [-0.15, -0.1) is 0 Å². The number of aromatic nitrogens is 1. The molecule has 2 N–H and O–H groups in total. The van der Waals surface area contributed by atoms with Crippen LogP contribution in [0.1, 0.15) is 46.2 Å². The number of nitrogens with one attached hydrogen (secondary N) is 2. The highest BCUT2D eigenvalue weighted by Gasteiger charge is 2.31. The van der Waals surface area contributed by atoms with Gasteiger partial charge in [-0.25, -0.2) is 4.98 Å². The minimum Gasteiger partial charge on any atom is -0.347 e. The Labute approximate surface area is 141 Å². The highest BCUT2D eigenvalue weighted by atomic mass is 16.2. The molecule has 5 heteroatoms. The first-order valence-electron chi connectivity index (χ1n) is 8.14. The Kier molecular flexibility index (Phi) is 4.60. The Bertz CT molecular complexity index is 758. The van der Waals surface area contributed by atoms with E-state index in [1.807, 2.05) is 56.3 Å². The lowest BCUT2D eigenvalue weighted by molar-refractivity contribution is -0.123. The standard InChI is InChI=1S/C19H21N3O2/c1-12-8-9-13(2)20-17(12)19(24)21-15-10-11-16(23)22-18(15)14-6-4-3-5-7-14/h3-9,15,18H,10-11H2,1-2H3,(H,21,24)(H,22,23)/t15-,18+/m1/s1. The molecule has 3 rings (SSSR count). The number of carbonyl (C=O) groups is 2. The third-order valence-corrected chi connectivity index (χ3v) is 4.33. The number of hydrogen-bond acceptors (Lipinski definition) is 3. The number of aryl methyl sites for hydroxylation is 2. The fourth-order valence-electron chi connectivity index (χ4n) is 3.02. The number of hydrogen-bond donors (Lipinski definition) is 2. The number of amides is 2. The van der Waals surface area contributed by atoms with Crippen LogP contribution in [0.5, 0.6) is 0 Å². The van der Waals surface area contributed by atoms with Crippen molar-refractivity contribution in [3.63, 3.8) is 0 Å². The number of carbonyl (C=O) groups excluding carboxylic acids is 2. The predicted octanol–water partition coefficient (Wildman–Crippen LogP) is 2.45. The van der Waals surface area contributed by atoms with Gasteiger partial charge in [0.1, 0.15) is 5.69 Å². The summed E-state index contributed by atoms with van der Waals surface area (Å²) in [4.78, 5) is 28.8. The molecule has 1 aliphatic rings. The summed E-state index contributed by atoms with van der Waals surface area (Å²) in [5, 5.41) is 6.05. The molecule has 1 aromatic carbocycles. The number of rotatable bonds is 3. The van der Waals surface area contributed by atoms with E-state index in [0.29, 0.717) is 18.5 Å². The number of pyridine rings is 1. The molecule has 2 amide bonds. The molecule has 0 saturated carbocycles. The first-order chi connectivity index (χ1) is 11.5. The average molecular weight is 323 g/mol. The molecule has 0 bridgehead atoms. The molecule has 0 spiro atoms. The largest absolute Gasteiger partial charge is 0.347 e. The second kappa shape index (κ2) is 6.83. The monoisotopic (exact) mass is 323 g/mol. The lowest BCUT2D eigenvalue weighted by Crippen LogP contribution is -2.50. The van der Waals surface area contributed by atoms with Crippen molar-refractivity contribution in [1.82, 2.24) is 15.6 Å². The van der Waals surface area contributed by atoms with Gasteiger partial charge in [0, 0.05) is 12.1 Å². The Hall–Kier alpha value is -2.69. The fourth-order valence-corrected chi connectivity index (χ4v) is 3.02. The summed E-state index contributed by atoms with van der Waals surface area (Å²) in [6.07, 6.45) is 1.02. The van der Waals surface area contributed by atoms with Gasteiger partial charge >= 0.3 is 0 Å². The number of piperidine rings is 1. The van der Waals surface area contributed by atoms with E-state index in [-0.39, 0.29) is 23.9 Å². The van der Waals surface area contributed by atoms with Gasteiger partial charge in [-0.2, -0.15) is 0 Å². The molecular weight excluding hydrogens is 302 g/mol. The van der Waals surface area contributed by atoms with Gasteiger partial charge in [0.05, 0.1) is 12.1 Å². The normalized spacial score (nSPS) is 20.3. The van der Waals surface area contributed by atoms with Crippen LogP contribution in [0.2, 0.25) is 0 Å². The molecule has 5 nitrogen and oxygen atoms in total. The van der Waals surface area contributed by atoms with E-state index in [4.69, 9.17) is 0 Å². The van der Waals surface area contributed by atoms with Crippen LogP contribution in [0.4, 0.5) is 0 Å². The molecule has 2 heterocycles. The van der Waals surface area contributed by atoms with Crippen molar-refractivity contribution in [2.45, 2.75) is 38.8 Å². The van der Waals surface area contributed by atoms with Crippen LogP contribution in [0.25, 0.3) is 0 Å². The van der Waals surface area contributed by atoms with Crippen molar-refractivity contribution in [3.8, 4) is 0 Å². The molecule has 0 unspecified atom stereocenters. The Morgan fingerprint density at radius 2 is 1.92 bits per heavy atom. The highest BCUT2D eigenvalue weighted by Crippen LogP contribution is 2.24. The second-order valence-electron chi connectivity index (χ2n) is 6.19. The number of benzene rings is 1. The first-order valence-corrected chi connectivity index (χ1v) is 8.14. The second-order valence-corrected chi connectivity index (χ2v) is 6.19. The van der Waals surface area contributed by atoms with Crippen molar-refractivity contribution < 1.29 is 9.59 Å². The van der Waals surface area contributed by atoms with Crippen LogP contribution in [-0.4, -0.2) is 22.8 Å². The summed E-state index contributed by atoms with van der Waals surface area (Å²) in [6, 6.07) is 13.1. The average Bonchev–Trinajstić information content (AvgIpc) is 2.59. The van der Waals surface area contributed by atoms with Crippen molar-refractivity contribution >= 4 is 11.8 Å². The molecule has 24 heavy (non-hydrogen) atoms. The van der Waals surface area contributed by atoms with E-state index in [1.165, 1.54) is 0 Å². The zero-order chi connectivity index (χ0) is 17.1. The van der Waals surface area contributed by atoms with Crippen LogP contribution in [-0.2, 0) is 4.79 Å². The van der Waals surface area contributed by atoms with Gasteiger partial charge in [0.15, 0.2) is 0 Å². The molecule has 2 atom stereocenters. The van der Waals surface area contributed by atoms with Crippen molar-refractivity contribution in [1.29, 1.82) is 0 Å². The van der Waals surface area contributed by atoms with Crippen LogP contribution < -0.4 is 10.6 Å². The molecule has 0 aliphatic carbocycles. The maximum Gasteiger partial charge on any atom is 0.270 e.